The highest BCUT2D eigenvalue weighted by Crippen LogP contribution is 2.23. The van der Waals surface area contributed by atoms with Gasteiger partial charge in [0.1, 0.15) is 22.7 Å². The Morgan fingerprint density at radius 1 is 1.11 bits per heavy atom. The number of likely N-dealkylation sites (tertiary alicyclic amines) is 1. The molecule has 8 heteroatoms. The Hall–Kier alpha value is -2.87. The monoisotopic (exact) mass is 401 g/mol. The number of sulfone groups is 1. The molecule has 4 rings (SSSR count). The average Bonchev–Trinajstić information content (AvgIpc) is 3.19. The molecular weight excluding hydrogens is 382 g/mol. The molecule has 28 heavy (non-hydrogen) atoms. The van der Waals surface area contributed by atoms with Gasteiger partial charge in [0.05, 0.1) is 11.5 Å². The molecule has 2 aromatic heterocycles. The largest absolute Gasteiger partial charge is 0.468 e. The molecule has 1 aromatic carbocycles. The summed E-state index contributed by atoms with van der Waals surface area (Å²) >= 11 is 0. The lowest BCUT2D eigenvalue weighted by atomic mass is 10.1. The number of nitrogens with zero attached hydrogens (tertiary/aromatic N) is 1. The highest BCUT2D eigenvalue weighted by molar-refractivity contribution is 7.91. The van der Waals surface area contributed by atoms with Crippen LogP contribution in [0.25, 0.3) is 11.0 Å². The molecule has 1 aliphatic rings. The summed E-state index contributed by atoms with van der Waals surface area (Å²) in [7, 11) is -3.37. The van der Waals surface area contributed by atoms with Crippen LogP contribution in [0.2, 0.25) is 0 Å². The summed E-state index contributed by atoms with van der Waals surface area (Å²) in [6.07, 6.45) is 2.10. The van der Waals surface area contributed by atoms with Gasteiger partial charge in [-0.1, -0.05) is 18.2 Å². The molecule has 3 aromatic rings. The molecule has 0 unspecified atom stereocenters. The molecule has 0 aliphatic carbocycles. The van der Waals surface area contributed by atoms with Crippen LogP contribution < -0.4 is 5.63 Å². The molecular formula is C20H19NO6S. The summed E-state index contributed by atoms with van der Waals surface area (Å²) in [6.45, 7) is 0.542. The topological polar surface area (TPSA) is 97.8 Å². The minimum absolute atomic E-state index is 0.0319. The van der Waals surface area contributed by atoms with Crippen molar-refractivity contribution in [2.24, 2.45) is 0 Å². The Balaban J connectivity index is 1.47. The van der Waals surface area contributed by atoms with Crippen molar-refractivity contribution in [1.82, 2.24) is 4.90 Å². The molecule has 7 nitrogen and oxygen atoms in total. The third kappa shape index (κ3) is 3.60. The third-order valence-electron chi connectivity index (χ3n) is 5.03. The molecule has 0 saturated carbocycles. The van der Waals surface area contributed by atoms with Gasteiger partial charge in [0.15, 0.2) is 9.84 Å². The Kier molecular flexibility index (Phi) is 4.80. The van der Waals surface area contributed by atoms with Crippen LogP contribution in [0.4, 0.5) is 0 Å². The number of hydrogen-bond acceptors (Lipinski definition) is 6. The SMILES string of the molecule is O=C(c1cc2ccccc2oc1=O)N1CCC(S(=O)(=O)Cc2ccco2)CC1. The van der Waals surface area contributed by atoms with Gasteiger partial charge in [-0.2, -0.15) is 0 Å². The molecule has 0 atom stereocenters. The molecule has 1 saturated heterocycles. The van der Waals surface area contributed by atoms with Crippen LogP contribution in [0, 0.1) is 0 Å². The van der Waals surface area contributed by atoms with Crippen LogP contribution in [0.5, 0.6) is 0 Å². The van der Waals surface area contributed by atoms with Crippen molar-refractivity contribution >= 4 is 26.7 Å². The van der Waals surface area contributed by atoms with Crippen LogP contribution >= 0.6 is 0 Å². The van der Waals surface area contributed by atoms with E-state index in [-0.39, 0.29) is 24.4 Å². The van der Waals surface area contributed by atoms with Crippen LogP contribution in [-0.2, 0) is 15.6 Å². The predicted octanol–water partition coefficient (Wildman–Crippen LogP) is 2.61. The fourth-order valence-electron chi connectivity index (χ4n) is 3.51. The summed E-state index contributed by atoms with van der Waals surface area (Å²) in [5.74, 6) is -0.166. The summed E-state index contributed by atoms with van der Waals surface area (Å²) < 4.78 is 35.5. The van der Waals surface area contributed by atoms with E-state index < -0.39 is 26.6 Å². The number of fused-ring (bicyclic) bond motifs is 1. The van der Waals surface area contributed by atoms with E-state index in [0.717, 1.165) is 0 Å². The van der Waals surface area contributed by atoms with Crippen molar-refractivity contribution < 1.29 is 22.0 Å². The van der Waals surface area contributed by atoms with Gasteiger partial charge in [-0.05, 0) is 37.1 Å². The Morgan fingerprint density at radius 3 is 2.57 bits per heavy atom. The minimum atomic E-state index is -3.37. The Bertz CT molecular complexity index is 1150. The van der Waals surface area contributed by atoms with Gasteiger partial charge in [0.2, 0.25) is 0 Å². The lowest BCUT2D eigenvalue weighted by Crippen LogP contribution is -2.43. The first-order valence-corrected chi connectivity index (χ1v) is 10.7. The fourth-order valence-corrected chi connectivity index (χ4v) is 5.24. The number of carbonyl (C=O) groups is 1. The summed E-state index contributed by atoms with van der Waals surface area (Å²) in [5.41, 5.74) is -0.293. The van der Waals surface area contributed by atoms with Crippen molar-refractivity contribution in [3.05, 3.63) is 70.5 Å². The number of benzene rings is 1. The number of furan rings is 1. The molecule has 1 fully saturated rings. The van der Waals surface area contributed by atoms with Crippen LogP contribution in [-0.4, -0.2) is 37.6 Å². The smallest absolute Gasteiger partial charge is 0.349 e. The number of para-hydroxylation sites is 1. The Morgan fingerprint density at radius 2 is 1.86 bits per heavy atom. The third-order valence-corrected chi connectivity index (χ3v) is 7.21. The van der Waals surface area contributed by atoms with Gasteiger partial charge in [0, 0.05) is 18.5 Å². The van der Waals surface area contributed by atoms with E-state index in [1.807, 2.05) is 0 Å². The van der Waals surface area contributed by atoms with Crippen LogP contribution in [0.15, 0.2) is 62.4 Å². The summed E-state index contributed by atoms with van der Waals surface area (Å²) in [5, 5.41) is 0.135. The highest BCUT2D eigenvalue weighted by atomic mass is 32.2. The number of amides is 1. The van der Waals surface area contributed by atoms with E-state index in [1.54, 1.807) is 36.4 Å². The molecule has 0 N–H and O–H groups in total. The number of piperidine rings is 1. The number of rotatable bonds is 4. The quantitative estimate of drug-likeness (QED) is 0.623. The van der Waals surface area contributed by atoms with E-state index in [9.17, 15) is 18.0 Å². The minimum Gasteiger partial charge on any atom is -0.468 e. The van der Waals surface area contributed by atoms with Gasteiger partial charge in [-0.15, -0.1) is 0 Å². The zero-order valence-electron chi connectivity index (χ0n) is 15.0. The molecule has 1 aliphatic heterocycles. The fraction of sp³-hybridized carbons (Fsp3) is 0.300. The normalized spacial score (nSPS) is 15.8. The average molecular weight is 401 g/mol. The van der Waals surface area contributed by atoms with Crippen molar-refractivity contribution in [3.63, 3.8) is 0 Å². The second-order valence-corrected chi connectivity index (χ2v) is 9.14. The van der Waals surface area contributed by atoms with Gasteiger partial charge >= 0.3 is 5.63 Å². The standard InChI is InChI=1S/C20H19NO6S/c22-19(17-12-14-4-1-2-6-18(14)27-20(17)23)21-9-7-16(8-10-21)28(24,25)13-15-5-3-11-26-15/h1-6,11-12,16H,7-10,13H2. The molecule has 0 bridgehead atoms. The van der Waals surface area contributed by atoms with E-state index in [1.165, 1.54) is 17.2 Å². The maximum Gasteiger partial charge on any atom is 0.349 e. The first-order valence-electron chi connectivity index (χ1n) is 9.00. The molecule has 146 valence electrons. The maximum absolute atomic E-state index is 12.8. The van der Waals surface area contributed by atoms with Gasteiger partial charge in [0.25, 0.3) is 5.91 Å². The van der Waals surface area contributed by atoms with E-state index in [4.69, 9.17) is 8.83 Å². The molecule has 3 heterocycles. The van der Waals surface area contributed by atoms with Crippen molar-refractivity contribution in [2.45, 2.75) is 23.8 Å². The number of carbonyl (C=O) groups excluding carboxylic acids is 1. The van der Waals surface area contributed by atoms with Gasteiger partial charge < -0.3 is 13.7 Å². The second-order valence-electron chi connectivity index (χ2n) is 6.86. The molecule has 0 radical (unpaired) electrons. The first kappa shape index (κ1) is 18.5. The zero-order valence-corrected chi connectivity index (χ0v) is 15.9. The van der Waals surface area contributed by atoms with E-state index >= 15 is 0 Å². The summed E-state index contributed by atoms with van der Waals surface area (Å²) in [4.78, 5) is 26.5. The highest BCUT2D eigenvalue weighted by Gasteiger charge is 2.33. The van der Waals surface area contributed by atoms with Gasteiger partial charge in [-0.3, -0.25) is 4.79 Å². The summed E-state index contributed by atoms with van der Waals surface area (Å²) in [6, 6.07) is 11.8. The maximum atomic E-state index is 12.8. The van der Waals surface area contributed by atoms with Crippen molar-refractivity contribution in [1.29, 1.82) is 0 Å². The number of hydrogen-bond donors (Lipinski definition) is 0. The molecule has 1 amide bonds. The van der Waals surface area contributed by atoms with E-state index in [2.05, 4.69) is 0 Å². The first-order chi connectivity index (χ1) is 13.4. The van der Waals surface area contributed by atoms with E-state index in [0.29, 0.717) is 29.6 Å². The zero-order chi connectivity index (χ0) is 19.7. The predicted molar refractivity (Wildman–Crippen MR) is 103 cm³/mol. The van der Waals surface area contributed by atoms with Gasteiger partial charge in [-0.25, -0.2) is 13.2 Å². The lowest BCUT2D eigenvalue weighted by molar-refractivity contribution is 0.0721. The Labute approximate surface area is 161 Å². The lowest BCUT2D eigenvalue weighted by Gasteiger charge is -2.31. The van der Waals surface area contributed by atoms with Crippen LogP contribution in [0.1, 0.15) is 29.0 Å². The second kappa shape index (κ2) is 7.27. The van der Waals surface area contributed by atoms with Crippen LogP contribution in [0.3, 0.4) is 0 Å². The van der Waals surface area contributed by atoms with Crippen molar-refractivity contribution in [2.75, 3.05) is 13.1 Å². The van der Waals surface area contributed by atoms with Crippen molar-refractivity contribution in [3.8, 4) is 0 Å². The molecule has 0 spiro atoms.